The number of thiocarbonyl (C=S) groups is 1. The molecule has 0 bridgehead atoms. The molecule has 0 fully saturated rings. The van der Waals surface area contributed by atoms with Gasteiger partial charge < -0.3 is 24.4 Å². The molecule has 27 heavy (non-hydrogen) atoms. The molecule has 8 heteroatoms. The summed E-state index contributed by atoms with van der Waals surface area (Å²) in [6, 6.07) is 12.0. The first-order chi connectivity index (χ1) is 13.0. The van der Waals surface area contributed by atoms with Crippen LogP contribution in [0.1, 0.15) is 12.5 Å². The number of fused-ring (bicyclic) bond motifs is 1. The number of benzene rings is 2. The Labute approximate surface area is 161 Å². The Kier molecular flexibility index (Phi) is 6.28. The van der Waals surface area contributed by atoms with Crippen LogP contribution in [0.25, 0.3) is 0 Å². The summed E-state index contributed by atoms with van der Waals surface area (Å²) in [4.78, 5) is 1.99. The molecule has 0 saturated heterocycles. The molecule has 2 aromatic rings. The highest BCUT2D eigenvalue weighted by Gasteiger charge is 2.14. The monoisotopic (exact) mass is 394 g/mol. The molecule has 0 aromatic heterocycles. The van der Waals surface area contributed by atoms with Gasteiger partial charge in [0.2, 0.25) is 0 Å². The van der Waals surface area contributed by atoms with Gasteiger partial charge in [0, 0.05) is 18.8 Å². The molecule has 1 aliphatic rings. The minimum atomic E-state index is -2.84. The first kappa shape index (κ1) is 19.2. The fourth-order valence-electron chi connectivity index (χ4n) is 2.66. The quantitative estimate of drug-likeness (QED) is 0.738. The van der Waals surface area contributed by atoms with E-state index in [9.17, 15) is 8.78 Å². The molecule has 0 spiro atoms. The predicted octanol–water partition coefficient (Wildman–Crippen LogP) is 4.28. The predicted molar refractivity (Wildman–Crippen MR) is 103 cm³/mol. The number of rotatable bonds is 6. The molecule has 144 valence electrons. The van der Waals surface area contributed by atoms with Crippen molar-refractivity contribution < 1.29 is 23.0 Å². The fraction of sp³-hybridized carbons (Fsp3) is 0.316. The summed E-state index contributed by atoms with van der Waals surface area (Å²) < 4.78 is 39.9. The van der Waals surface area contributed by atoms with E-state index >= 15 is 0 Å². The van der Waals surface area contributed by atoms with Crippen molar-refractivity contribution in [1.29, 1.82) is 0 Å². The van der Waals surface area contributed by atoms with Crippen molar-refractivity contribution in [3.8, 4) is 17.2 Å². The molecule has 1 aliphatic heterocycles. The number of alkyl halides is 2. The summed E-state index contributed by atoms with van der Waals surface area (Å²) in [6.45, 7) is 1.57. The van der Waals surface area contributed by atoms with Crippen molar-refractivity contribution in [3.05, 3.63) is 48.0 Å². The van der Waals surface area contributed by atoms with Gasteiger partial charge in [-0.05, 0) is 61.1 Å². The molecule has 0 aliphatic carbocycles. The van der Waals surface area contributed by atoms with Gasteiger partial charge in [0.05, 0.1) is 0 Å². The van der Waals surface area contributed by atoms with Crippen LogP contribution in [0.15, 0.2) is 42.5 Å². The number of nitrogens with zero attached hydrogens (tertiary/aromatic N) is 1. The third-order valence-electron chi connectivity index (χ3n) is 3.98. The van der Waals surface area contributed by atoms with Crippen molar-refractivity contribution in [2.75, 3.05) is 25.1 Å². The third kappa shape index (κ3) is 5.19. The number of nitrogens with one attached hydrogen (secondary N) is 1. The molecular formula is C19H20F2N2O3S. The maximum atomic E-state index is 12.2. The number of hydrogen-bond donors (Lipinski definition) is 1. The van der Waals surface area contributed by atoms with Crippen LogP contribution in [-0.2, 0) is 6.54 Å². The van der Waals surface area contributed by atoms with Crippen LogP contribution in [0, 0.1) is 0 Å². The largest absolute Gasteiger partial charge is 0.486 e. The van der Waals surface area contributed by atoms with E-state index < -0.39 is 6.61 Å². The van der Waals surface area contributed by atoms with Crippen LogP contribution >= 0.6 is 12.2 Å². The second-order valence-electron chi connectivity index (χ2n) is 5.83. The van der Waals surface area contributed by atoms with Gasteiger partial charge in [-0.25, -0.2) is 0 Å². The highest BCUT2D eigenvalue weighted by Crippen LogP contribution is 2.31. The zero-order valence-electron chi connectivity index (χ0n) is 14.8. The van der Waals surface area contributed by atoms with Gasteiger partial charge in [-0.1, -0.05) is 6.07 Å². The zero-order chi connectivity index (χ0) is 19.2. The molecule has 1 N–H and O–H groups in total. The summed E-state index contributed by atoms with van der Waals surface area (Å²) in [6.07, 6.45) is 0. The topological polar surface area (TPSA) is 43.0 Å². The average Bonchev–Trinajstić information content (AvgIpc) is 2.67. The van der Waals surface area contributed by atoms with Crippen LogP contribution < -0.4 is 19.5 Å². The smallest absolute Gasteiger partial charge is 0.387 e. The molecule has 0 amide bonds. The summed E-state index contributed by atoms with van der Waals surface area (Å²) in [5.74, 6) is 1.59. The first-order valence-electron chi connectivity index (χ1n) is 8.54. The van der Waals surface area contributed by atoms with Gasteiger partial charge in [0.15, 0.2) is 16.6 Å². The number of halogens is 2. The van der Waals surface area contributed by atoms with E-state index in [0.717, 1.165) is 17.1 Å². The second kappa shape index (κ2) is 8.85. The van der Waals surface area contributed by atoms with E-state index in [1.807, 2.05) is 30.0 Å². The maximum Gasteiger partial charge on any atom is 0.387 e. The van der Waals surface area contributed by atoms with Crippen molar-refractivity contribution in [2.24, 2.45) is 0 Å². The van der Waals surface area contributed by atoms with Gasteiger partial charge in [0.1, 0.15) is 19.0 Å². The lowest BCUT2D eigenvalue weighted by atomic mass is 10.2. The Morgan fingerprint density at radius 1 is 1.15 bits per heavy atom. The van der Waals surface area contributed by atoms with Crippen LogP contribution in [-0.4, -0.2) is 36.4 Å². The highest BCUT2D eigenvalue weighted by atomic mass is 32.1. The van der Waals surface area contributed by atoms with Crippen molar-refractivity contribution in [3.63, 3.8) is 0 Å². The highest BCUT2D eigenvalue weighted by molar-refractivity contribution is 7.80. The molecule has 0 saturated carbocycles. The van der Waals surface area contributed by atoms with Crippen LogP contribution in [0.3, 0.4) is 0 Å². The van der Waals surface area contributed by atoms with Gasteiger partial charge in [0.25, 0.3) is 0 Å². The van der Waals surface area contributed by atoms with Crippen LogP contribution in [0.5, 0.6) is 17.2 Å². The maximum absolute atomic E-state index is 12.2. The molecule has 0 unspecified atom stereocenters. The third-order valence-corrected chi connectivity index (χ3v) is 4.34. The average molecular weight is 394 g/mol. The van der Waals surface area contributed by atoms with E-state index in [1.165, 1.54) is 12.1 Å². The van der Waals surface area contributed by atoms with E-state index in [2.05, 4.69) is 10.1 Å². The molecule has 3 rings (SSSR count). The number of hydrogen-bond acceptors (Lipinski definition) is 4. The normalized spacial score (nSPS) is 12.6. The van der Waals surface area contributed by atoms with Crippen molar-refractivity contribution in [2.45, 2.75) is 20.1 Å². The van der Waals surface area contributed by atoms with Crippen LogP contribution in [0.2, 0.25) is 0 Å². The molecule has 0 radical (unpaired) electrons. The summed E-state index contributed by atoms with van der Waals surface area (Å²) in [5, 5.41) is 3.65. The Morgan fingerprint density at radius 3 is 2.52 bits per heavy atom. The molecule has 2 aromatic carbocycles. The van der Waals surface area contributed by atoms with Gasteiger partial charge in [-0.2, -0.15) is 8.78 Å². The Bertz CT molecular complexity index is 787. The van der Waals surface area contributed by atoms with E-state index in [-0.39, 0.29) is 5.75 Å². The lowest BCUT2D eigenvalue weighted by Crippen LogP contribution is -2.34. The second-order valence-corrected chi connectivity index (χ2v) is 6.21. The van der Waals surface area contributed by atoms with Crippen molar-refractivity contribution >= 4 is 23.0 Å². The molecule has 0 atom stereocenters. The summed E-state index contributed by atoms with van der Waals surface area (Å²) >= 11 is 5.49. The van der Waals surface area contributed by atoms with Crippen LogP contribution in [0.4, 0.5) is 14.5 Å². The van der Waals surface area contributed by atoms with Gasteiger partial charge in [-0.15, -0.1) is 0 Å². The van der Waals surface area contributed by atoms with E-state index in [4.69, 9.17) is 21.7 Å². The minimum absolute atomic E-state index is 0.102. The molecule has 5 nitrogen and oxygen atoms in total. The standard InChI is InChI=1S/C19H20F2N2O3S/c1-2-23(12-13-3-8-16-17(11-13)25-10-9-24-16)19(27)22-14-4-6-15(7-5-14)26-18(20)21/h3-8,11,18H,2,9-10,12H2,1H3,(H,22,27). The Morgan fingerprint density at radius 2 is 1.85 bits per heavy atom. The van der Waals surface area contributed by atoms with Crippen molar-refractivity contribution in [1.82, 2.24) is 4.90 Å². The SMILES string of the molecule is CCN(Cc1ccc2c(c1)OCCO2)C(=S)Nc1ccc(OC(F)F)cc1. The van der Waals surface area contributed by atoms with Gasteiger partial charge >= 0.3 is 6.61 Å². The van der Waals surface area contributed by atoms with E-state index in [0.29, 0.717) is 37.1 Å². The molecular weight excluding hydrogens is 374 g/mol. The Balaban J connectivity index is 1.62. The van der Waals surface area contributed by atoms with Gasteiger partial charge in [-0.3, -0.25) is 0 Å². The Hall–Kier alpha value is -2.61. The lowest BCUT2D eigenvalue weighted by Gasteiger charge is -2.25. The molecule has 1 heterocycles. The first-order valence-corrected chi connectivity index (χ1v) is 8.95. The fourth-order valence-corrected chi connectivity index (χ4v) is 2.97. The summed E-state index contributed by atoms with van der Waals surface area (Å²) in [7, 11) is 0. The number of ether oxygens (including phenoxy) is 3. The summed E-state index contributed by atoms with van der Waals surface area (Å²) in [5.41, 5.74) is 1.74. The van der Waals surface area contributed by atoms with E-state index in [1.54, 1.807) is 12.1 Å². The number of anilines is 1. The lowest BCUT2D eigenvalue weighted by molar-refractivity contribution is -0.0498. The zero-order valence-corrected chi connectivity index (χ0v) is 15.6. The minimum Gasteiger partial charge on any atom is -0.486 e.